The highest BCUT2D eigenvalue weighted by Crippen LogP contribution is 2.21. The monoisotopic (exact) mass is 303 g/mol. The summed E-state index contributed by atoms with van der Waals surface area (Å²) < 4.78 is 5.10. The Kier molecular flexibility index (Phi) is 3.85. The van der Waals surface area contributed by atoms with Gasteiger partial charge in [-0.2, -0.15) is 0 Å². The van der Waals surface area contributed by atoms with Crippen LogP contribution in [0.1, 0.15) is 18.4 Å². The average molecular weight is 303 g/mol. The molecule has 1 aliphatic carbocycles. The fourth-order valence-corrected chi connectivity index (χ4v) is 2.53. The number of carbonyl (C=O) groups is 1. The Hall–Kier alpha value is -2.34. The van der Waals surface area contributed by atoms with Crippen LogP contribution in [0.2, 0.25) is 0 Å². The molecule has 1 unspecified atom stereocenters. The number of carbonyl (C=O) groups excluding carboxylic acids is 1. The van der Waals surface area contributed by atoms with E-state index in [9.17, 15) is 14.7 Å². The number of phenolic OH excluding ortho intramolecular Hbond substituents is 1. The molecule has 2 aromatic rings. The van der Waals surface area contributed by atoms with E-state index in [-0.39, 0.29) is 11.7 Å². The van der Waals surface area contributed by atoms with Crippen molar-refractivity contribution in [1.29, 1.82) is 0 Å². The maximum absolute atomic E-state index is 11.8. The Balaban J connectivity index is 1.77. The minimum absolute atomic E-state index is 0.0323. The van der Waals surface area contributed by atoms with Crippen molar-refractivity contribution in [2.45, 2.75) is 25.4 Å². The molecule has 1 saturated carbocycles. The van der Waals surface area contributed by atoms with Crippen LogP contribution in [0.4, 0.5) is 0 Å². The van der Waals surface area contributed by atoms with Crippen LogP contribution >= 0.6 is 0 Å². The van der Waals surface area contributed by atoms with Crippen LogP contribution in [0.5, 0.6) is 5.75 Å². The van der Waals surface area contributed by atoms with Crippen molar-refractivity contribution in [3.05, 3.63) is 40.2 Å². The van der Waals surface area contributed by atoms with Crippen LogP contribution in [0.25, 0.3) is 11.0 Å². The molecule has 22 heavy (non-hydrogen) atoms. The van der Waals surface area contributed by atoms with Crippen LogP contribution < -0.4 is 15.8 Å². The van der Waals surface area contributed by atoms with E-state index in [1.54, 1.807) is 12.1 Å². The summed E-state index contributed by atoms with van der Waals surface area (Å²) in [4.78, 5) is 24.4. The van der Waals surface area contributed by atoms with E-state index in [0.29, 0.717) is 24.7 Å². The van der Waals surface area contributed by atoms with Crippen molar-refractivity contribution in [2.24, 2.45) is 0 Å². The lowest BCUT2D eigenvalue weighted by Gasteiger charge is -2.14. The van der Waals surface area contributed by atoms with Gasteiger partial charge in [-0.15, -0.1) is 0 Å². The third-order valence-electron chi connectivity index (χ3n) is 3.71. The average Bonchev–Trinajstić information content (AvgIpc) is 3.21. The molecule has 6 nitrogen and oxygen atoms in total. The first kappa shape index (κ1) is 14.6. The molecule has 6 heteroatoms. The van der Waals surface area contributed by atoms with E-state index in [0.717, 1.165) is 28.7 Å². The minimum atomic E-state index is -0.455. The summed E-state index contributed by atoms with van der Waals surface area (Å²) in [5.41, 5.74) is 0.712. The molecule has 1 fully saturated rings. The third kappa shape index (κ3) is 3.46. The van der Waals surface area contributed by atoms with Crippen LogP contribution in [-0.2, 0) is 11.3 Å². The molecule has 116 valence electrons. The Morgan fingerprint density at radius 3 is 2.91 bits per heavy atom. The van der Waals surface area contributed by atoms with Crippen molar-refractivity contribution in [2.75, 3.05) is 13.6 Å². The van der Waals surface area contributed by atoms with Crippen LogP contribution in [-0.4, -0.2) is 30.6 Å². The zero-order valence-corrected chi connectivity index (χ0v) is 12.4. The molecule has 1 heterocycles. The van der Waals surface area contributed by atoms with Crippen molar-refractivity contribution >= 4 is 16.9 Å². The van der Waals surface area contributed by atoms with Crippen molar-refractivity contribution in [3.8, 4) is 5.75 Å². The maximum atomic E-state index is 11.8. The lowest BCUT2D eigenvalue weighted by atomic mass is 10.1. The van der Waals surface area contributed by atoms with Crippen molar-refractivity contribution < 1.29 is 19.2 Å². The van der Waals surface area contributed by atoms with Gasteiger partial charge in [0.25, 0.3) is 5.91 Å². The van der Waals surface area contributed by atoms with E-state index in [1.807, 2.05) is 7.05 Å². The van der Waals surface area contributed by atoms with Gasteiger partial charge in [0.05, 0.1) is 7.05 Å². The van der Waals surface area contributed by atoms with Crippen LogP contribution in [0.3, 0.4) is 0 Å². The van der Waals surface area contributed by atoms with E-state index in [4.69, 9.17) is 4.42 Å². The van der Waals surface area contributed by atoms with E-state index < -0.39 is 5.63 Å². The summed E-state index contributed by atoms with van der Waals surface area (Å²) in [6, 6.07) is 6.51. The first-order valence-corrected chi connectivity index (χ1v) is 7.37. The number of aromatic hydroxyl groups is 1. The molecule has 0 aliphatic heterocycles. The largest absolute Gasteiger partial charge is 0.508 e. The summed E-state index contributed by atoms with van der Waals surface area (Å²) >= 11 is 0. The van der Waals surface area contributed by atoms with Crippen LogP contribution in [0, 0.1) is 0 Å². The molecule has 3 N–H and O–H groups in total. The first-order chi connectivity index (χ1) is 10.5. The Morgan fingerprint density at radius 1 is 1.41 bits per heavy atom. The zero-order valence-electron chi connectivity index (χ0n) is 12.4. The van der Waals surface area contributed by atoms with Gasteiger partial charge in [-0.3, -0.25) is 4.79 Å². The van der Waals surface area contributed by atoms with Crippen molar-refractivity contribution in [3.63, 3.8) is 0 Å². The maximum Gasteiger partial charge on any atom is 0.336 e. The summed E-state index contributed by atoms with van der Waals surface area (Å²) in [6.07, 6.45) is 2.14. The molecule has 3 rings (SSSR count). The number of amides is 1. The molecule has 1 aromatic heterocycles. The molecule has 1 aliphatic rings. The smallest absolute Gasteiger partial charge is 0.336 e. The molecule has 1 amide bonds. The molecule has 1 aromatic carbocycles. The summed E-state index contributed by atoms with van der Waals surface area (Å²) in [5, 5.41) is 13.2. The second kappa shape index (κ2) is 5.81. The van der Waals surface area contributed by atoms with Gasteiger partial charge < -0.3 is 19.7 Å². The topological polar surface area (TPSA) is 84.0 Å². The van der Waals surface area contributed by atoms with Crippen molar-refractivity contribution in [1.82, 2.24) is 5.32 Å². The van der Waals surface area contributed by atoms with Gasteiger partial charge in [-0.25, -0.2) is 4.79 Å². The highest BCUT2D eigenvalue weighted by Gasteiger charge is 2.24. The summed E-state index contributed by atoms with van der Waals surface area (Å²) in [5.74, 6) is 0.0854. The number of quaternary nitrogens is 1. The van der Waals surface area contributed by atoms with Gasteiger partial charge in [0, 0.05) is 29.1 Å². The molecule has 0 spiro atoms. The molecule has 0 saturated heterocycles. The number of likely N-dealkylation sites (N-methyl/N-ethyl adjacent to an activating group) is 1. The number of phenols is 1. The number of rotatable bonds is 5. The van der Waals surface area contributed by atoms with Gasteiger partial charge in [0.2, 0.25) is 0 Å². The molecule has 0 radical (unpaired) electrons. The minimum Gasteiger partial charge on any atom is -0.508 e. The standard InChI is InChI=1S/C16H18N2O4/c1-18(9-15(20)17-11-2-3-11)8-10-6-16(21)22-14-7-12(19)4-5-13(10)14/h4-7,11,19H,2-3,8-9H2,1H3,(H,17,20)/p+1. The molecular weight excluding hydrogens is 284 g/mol. The predicted octanol–water partition coefficient (Wildman–Crippen LogP) is -0.208. The van der Waals surface area contributed by atoms with E-state index in [1.165, 1.54) is 12.1 Å². The lowest BCUT2D eigenvalue weighted by Crippen LogP contribution is -3.09. The van der Waals surface area contributed by atoms with E-state index >= 15 is 0 Å². The van der Waals surface area contributed by atoms with E-state index in [2.05, 4.69) is 5.32 Å². The van der Waals surface area contributed by atoms with Gasteiger partial charge in [0.15, 0.2) is 6.54 Å². The number of fused-ring (bicyclic) bond motifs is 1. The second-order valence-corrected chi connectivity index (χ2v) is 5.92. The van der Waals surface area contributed by atoms with Gasteiger partial charge in [-0.05, 0) is 25.0 Å². The summed E-state index contributed by atoms with van der Waals surface area (Å²) in [7, 11) is 1.91. The second-order valence-electron chi connectivity index (χ2n) is 5.92. The number of benzene rings is 1. The Labute approximate surface area is 127 Å². The quantitative estimate of drug-likeness (QED) is 0.668. The fourth-order valence-electron chi connectivity index (χ4n) is 2.53. The number of hydrogen-bond acceptors (Lipinski definition) is 4. The molecule has 1 atom stereocenters. The highest BCUT2D eigenvalue weighted by molar-refractivity contribution is 5.81. The number of nitrogens with one attached hydrogen (secondary N) is 2. The number of hydrogen-bond donors (Lipinski definition) is 3. The fraction of sp³-hybridized carbons (Fsp3) is 0.375. The van der Waals surface area contributed by atoms with Gasteiger partial charge >= 0.3 is 5.63 Å². The predicted molar refractivity (Wildman–Crippen MR) is 80.8 cm³/mol. The first-order valence-electron chi connectivity index (χ1n) is 7.37. The Morgan fingerprint density at radius 2 is 2.18 bits per heavy atom. The zero-order chi connectivity index (χ0) is 15.7. The van der Waals surface area contributed by atoms with Crippen LogP contribution in [0.15, 0.2) is 33.5 Å². The lowest BCUT2D eigenvalue weighted by molar-refractivity contribution is -0.885. The molecule has 0 bridgehead atoms. The SMILES string of the molecule is C[NH+](CC(=O)NC1CC1)Cc1cc(=O)oc2cc(O)ccc12. The molecular formula is C16H19N2O4+. The van der Waals surface area contributed by atoms with Gasteiger partial charge in [-0.1, -0.05) is 0 Å². The highest BCUT2D eigenvalue weighted by atomic mass is 16.4. The third-order valence-corrected chi connectivity index (χ3v) is 3.71. The normalized spacial score (nSPS) is 15.7. The van der Waals surface area contributed by atoms with Gasteiger partial charge in [0.1, 0.15) is 17.9 Å². The summed E-state index contributed by atoms with van der Waals surface area (Å²) in [6.45, 7) is 0.890. The Bertz CT molecular complexity index is 764.